The van der Waals surface area contributed by atoms with Crippen LogP contribution in [0.3, 0.4) is 0 Å². The predicted octanol–water partition coefficient (Wildman–Crippen LogP) is 3.35. The van der Waals surface area contributed by atoms with Crippen LogP contribution in [-0.2, 0) is 32.6 Å². The number of likely N-dealkylation sites (tertiary alicyclic amines) is 1. The van der Waals surface area contributed by atoms with Crippen molar-refractivity contribution in [2.75, 3.05) is 26.2 Å². The lowest BCUT2D eigenvalue weighted by atomic mass is 9.86. The third-order valence-corrected chi connectivity index (χ3v) is 10.0. The molecular weight excluding hydrogens is 543 g/mol. The number of piperazine rings is 1. The van der Waals surface area contributed by atoms with Gasteiger partial charge in [0.25, 0.3) is 0 Å². The number of rotatable bonds is 7. The summed E-state index contributed by atoms with van der Waals surface area (Å²) in [6.45, 7) is 2.55. The first-order chi connectivity index (χ1) is 18.7. The molecule has 210 valence electrons. The van der Waals surface area contributed by atoms with Crippen LogP contribution in [-0.4, -0.2) is 67.8 Å². The number of alkyl halides is 1. The molecule has 2 fully saturated rings. The number of amides is 2. The summed E-state index contributed by atoms with van der Waals surface area (Å²) in [5.74, 6) is -0.858. The number of halogens is 2. The number of hydrogen-bond donors (Lipinski definition) is 2. The molecule has 0 spiro atoms. The van der Waals surface area contributed by atoms with Crippen molar-refractivity contribution in [2.24, 2.45) is 0 Å². The zero-order valence-electron chi connectivity index (χ0n) is 21.7. The molecule has 2 heterocycles. The van der Waals surface area contributed by atoms with Crippen molar-refractivity contribution < 1.29 is 22.4 Å². The van der Waals surface area contributed by atoms with Crippen molar-refractivity contribution in [3.05, 3.63) is 64.2 Å². The lowest BCUT2D eigenvalue weighted by Gasteiger charge is -2.34. The van der Waals surface area contributed by atoms with E-state index in [9.17, 15) is 22.4 Å². The Balaban J connectivity index is 1.26. The summed E-state index contributed by atoms with van der Waals surface area (Å²) < 4.78 is 41.3. The topological polar surface area (TPSA) is 98.8 Å². The van der Waals surface area contributed by atoms with Crippen molar-refractivity contribution >= 4 is 33.4 Å². The van der Waals surface area contributed by atoms with E-state index in [0.717, 1.165) is 48.8 Å². The molecule has 0 saturated carbocycles. The fraction of sp³-hybridized carbons (Fsp3) is 0.500. The maximum Gasteiger partial charge on any atom is 0.243 e. The molecule has 8 nitrogen and oxygen atoms in total. The Hall–Kier alpha value is -2.53. The minimum absolute atomic E-state index is 0.0260. The second kappa shape index (κ2) is 11.9. The Bertz CT molecular complexity index is 1320. The summed E-state index contributed by atoms with van der Waals surface area (Å²) in [4.78, 5) is 28.2. The molecule has 2 N–H and O–H groups in total. The number of sulfonamides is 1. The van der Waals surface area contributed by atoms with Gasteiger partial charge in [-0.3, -0.25) is 14.5 Å². The van der Waals surface area contributed by atoms with Gasteiger partial charge in [0.1, 0.15) is 12.2 Å². The summed E-state index contributed by atoms with van der Waals surface area (Å²) in [6, 6.07) is 10.7. The van der Waals surface area contributed by atoms with E-state index < -0.39 is 28.1 Å². The van der Waals surface area contributed by atoms with Crippen molar-refractivity contribution in [3.63, 3.8) is 0 Å². The van der Waals surface area contributed by atoms with Gasteiger partial charge in [-0.25, -0.2) is 12.8 Å². The van der Waals surface area contributed by atoms with Gasteiger partial charge >= 0.3 is 0 Å². The Morgan fingerprint density at radius 3 is 2.56 bits per heavy atom. The number of piperidine rings is 1. The number of carbonyl (C=O) groups excluding carboxylic acids is 2. The summed E-state index contributed by atoms with van der Waals surface area (Å²) in [6.07, 6.45) is 2.79. The normalized spacial score (nSPS) is 23.2. The number of carbonyl (C=O) groups is 2. The number of aryl methyl sites for hydroxylation is 1. The number of fused-ring (bicyclic) bond motifs is 1. The SMILES string of the molecule is O=C(CC1C(=O)NCCN1S(=O)(=O)c1ccc(Cl)cc1)N[C@@H]1CCCc2cc(CN3CCC(F)CC3)ccc21. The number of nitrogens with zero attached hydrogens (tertiary/aromatic N) is 2. The summed E-state index contributed by atoms with van der Waals surface area (Å²) in [5.41, 5.74) is 3.42. The maximum atomic E-state index is 13.5. The second-order valence-corrected chi connectivity index (χ2v) is 12.9. The molecule has 3 aliphatic rings. The average Bonchev–Trinajstić information content (AvgIpc) is 2.91. The average molecular weight is 577 g/mol. The lowest BCUT2D eigenvalue weighted by molar-refractivity contribution is -0.132. The van der Waals surface area contributed by atoms with Crippen LogP contribution in [0.5, 0.6) is 0 Å². The van der Waals surface area contributed by atoms with Gasteiger partial charge in [-0.05, 0) is 73.1 Å². The van der Waals surface area contributed by atoms with Gasteiger partial charge in [-0.2, -0.15) is 4.31 Å². The molecule has 11 heteroatoms. The highest BCUT2D eigenvalue weighted by molar-refractivity contribution is 7.89. The molecule has 2 amide bonds. The van der Waals surface area contributed by atoms with E-state index >= 15 is 0 Å². The van der Waals surface area contributed by atoms with Crippen molar-refractivity contribution in [2.45, 2.75) is 68.2 Å². The van der Waals surface area contributed by atoms with Crippen LogP contribution >= 0.6 is 11.6 Å². The molecule has 1 aliphatic carbocycles. The van der Waals surface area contributed by atoms with Gasteiger partial charge < -0.3 is 10.6 Å². The Labute approximate surface area is 233 Å². The highest BCUT2D eigenvalue weighted by atomic mass is 35.5. The molecule has 2 aromatic rings. The van der Waals surface area contributed by atoms with Crippen LogP contribution in [0.25, 0.3) is 0 Å². The van der Waals surface area contributed by atoms with E-state index in [1.807, 2.05) is 0 Å². The molecule has 0 aromatic heterocycles. The maximum absolute atomic E-state index is 13.5. The van der Waals surface area contributed by atoms with Crippen LogP contribution in [0.2, 0.25) is 5.02 Å². The van der Waals surface area contributed by atoms with Crippen molar-refractivity contribution in [3.8, 4) is 0 Å². The molecule has 2 aromatic carbocycles. The van der Waals surface area contributed by atoms with E-state index in [2.05, 4.69) is 33.7 Å². The Morgan fingerprint density at radius 2 is 1.82 bits per heavy atom. The summed E-state index contributed by atoms with van der Waals surface area (Å²) >= 11 is 5.91. The molecule has 2 atom stereocenters. The first-order valence-electron chi connectivity index (χ1n) is 13.5. The summed E-state index contributed by atoms with van der Waals surface area (Å²) in [7, 11) is -4.00. The molecule has 2 saturated heterocycles. The highest BCUT2D eigenvalue weighted by Gasteiger charge is 2.40. The highest BCUT2D eigenvalue weighted by Crippen LogP contribution is 2.31. The second-order valence-electron chi connectivity index (χ2n) is 10.6. The van der Waals surface area contributed by atoms with Crippen LogP contribution in [0.15, 0.2) is 47.4 Å². The Kier molecular flexibility index (Phi) is 8.56. The third kappa shape index (κ3) is 6.45. The number of hydrogen-bond acceptors (Lipinski definition) is 5. The number of benzene rings is 2. The molecule has 39 heavy (non-hydrogen) atoms. The van der Waals surface area contributed by atoms with E-state index in [0.29, 0.717) is 17.9 Å². The fourth-order valence-electron chi connectivity index (χ4n) is 5.78. The monoisotopic (exact) mass is 576 g/mol. The van der Waals surface area contributed by atoms with Crippen LogP contribution in [0, 0.1) is 0 Å². The molecule has 0 bridgehead atoms. The van der Waals surface area contributed by atoms with Gasteiger partial charge in [0.15, 0.2) is 0 Å². The van der Waals surface area contributed by atoms with Crippen molar-refractivity contribution in [1.29, 1.82) is 0 Å². The van der Waals surface area contributed by atoms with Gasteiger partial charge in [-0.1, -0.05) is 29.8 Å². The van der Waals surface area contributed by atoms with E-state index in [-0.39, 0.29) is 36.4 Å². The molecule has 2 aliphatic heterocycles. The molecular formula is C28H34ClFN4O4S. The fourth-order valence-corrected chi connectivity index (χ4v) is 7.49. The lowest BCUT2D eigenvalue weighted by Crippen LogP contribution is -2.58. The van der Waals surface area contributed by atoms with Crippen LogP contribution in [0.1, 0.15) is 54.8 Å². The standard InChI is InChI=1S/C28H34ClFN4O4S/c29-21-5-7-23(8-6-21)39(37,38)34-15-12-31-28(36)26(34)17-27(35)32-25-3-1-2-20-16-19(4-9-24(20)25)18-33-13-10-22(30)11-14-33/h4-9,16,22,25-26H,1-3,10-15,17-18H2,(H,31,36)(H,32,35)/t25-,26?/m1/s1. The van der Waals surface area contributed by atoms with Gasteiger partial charge in [0.05, 0.1) is 17.4 Å². The van der Waals surface area contributed by atoms with E-state index in [4.69, 9.17) is 11.6 Å². The first-order valence-corrected chi connectivity index (χ1v) is 15.3. The number of nitrogens with one attached hydrogen (secondary N) is 2. The Morgan fingerprint density at radius 1 is 1.08 bits per heavy atom. The summed E-state index contributed by atoms with van der Waals surface area (Å²) in [5, 5.41) is 6.15. The first kappa shape index (κ1) is 28.0. The zero-order valence-corrected chi connectivity index (χ0v) is 23.3. The largest absolute Gasteiger partial charge is 0.353 e. The molecule has 0 radical (unpaired) electrons. The van der Waals surface area contributed by atoms with Gasteiger partial charge in [0, 0.05) is 37.7 Å². The minimum atomic E-state index is -4.00. The van der Waals surface area contributed by atoms with Crippen LogP contribution in [0.4, 0.5) is 4.39 Å². The quantitative estimate of drug-likeness (QED) is 0.527. The predicted molar refractivity (Wildman–Crippen MR) is 146 cm³/mol. The smallest absolute Gasteiger partial charge is 0.243 e. The zero-order chi connectivity index (χ0) is 27.6. The van der Waals surface area contributed by atoms with Crippen molar-refractivity contribution in [1.82, 2.24) is 19.8 Å². The molecule has 5 rings (SSSR count). The molecule has 1 unspecified atom stereocenters. The van der Waals surface area contributed by atoms with Gasteiger partial charge in [0.2, 0.25) is 21.8 Å². The van der Waals surface area contributed by atoms with E-state index in [1.165, 1.54) is 35.4 Å². The minimum Gasteiger partial charge on any atom is -0.353 e. The van der Waals surface area contributed by atoms with Crippen LogP contribution < -0.4 is 10.6 Å². The third-order valence-electron chi connectivity index (χ3n) is 7.86. The van der Waals surface area contributed by atoms with Gasteiger partial charge in [-0.15, -0.1) is 0 Å². The van der Waals surface area contributed by atoms with E-state index in [1.54, 1.807) is 0 Å².